The topological polar surface area (TPSA) is 32.7 Å². The third kappa shape index (κ3) is 3.81. The summed E-state index contributed by atoms with van der Waals surface area (Å²) in [6.07, 6.45) is 5.27. The molecule has 0 amide bonds. The van der Waals surface area contributed by atoms with Gasteiger partial charge in [-0.15, -0.1) is 11.3 Å². The molecule has 3 rings (SSSR count). The monoisotopic (exact) mass is 357 g/mol. The van der Waals surface area contributed by atoms with E-state index in [2.05, 4.69) is 48.7 Å². The first kappa shape index (κ1) is 18.2. The highest BCUT2D eigenvalue weighted by molar-refractivity contribution is 7.10. The highest BCUT2D eigenvalue weighted by Gasteiger charge is 2.44. The van der Waals surface area contributed by atoms with Crippen molar-refractivity contribution in [3.05, 3.63) is 57.8 Å². The quantitative estimate of drug-likeness (QED) is 0.861. The van der Waals surface area contributed by atoms with Gasteiger partial charge in [0.2, 0.25) is 0 Å². The molecule has 2 atom stereocenters. The van der Waals surface area contributed by atoms with Gasteiger partial charge in [-0.05, 0) is 68.1 Å². The van der Waals surface area contributed by atoms with Crippen molar-refractivity contribution in [2.24, 2.45) is 5.92 Å². The normalized spacial score (nSPS) is 25.5. The maximum absolute atomic E-state index is 11.9. The second-order valence-electron chi connectivity index (χ2n) is 7.04. The lowest BCUT2D eigenvalue weighted by Gasteiger charge is -2.43. The summed E-state index contributed by atoms with van der Waals surface area (Å²) < 4.78 is 5.25. The molecular weight excluding hydrogens is 330 g/mol. The number of thiophene rings is 1. The Bertz CT molecular complexity index is 706. The minimum atomic E-state index is -0.878. The Balaban J connectivity index is 2.01. The lowest BCUT2D eigenvalue weighted by molar-refractivity contribution is -0.0143. The third-order valence-corrected chi connectivity index (χ3v) is 6.01. The van der Waals surface area contributed by atoms with Crippen LogP contribution in [0.1, 0.15) is 29.7 Å². The Morgan fingerprint density at radius 1 is 1.28 bits per heavy atom. The van der Waals surface area contributed by atoms with Gasteiger partial charge in [0, 0.05) is 17.3 Å². The van der Waals surface area contributed by atoms with E-state index >= 15 is 0 Å². The van der Waals surface area contributed by atoms with Gasteiger partial charge in [0.15, 0.2) is 0 Å². The van der Waals surface area contributed by atoms with Crippen molar-refractivity contribution in [2.75, 3.05) is 27.7 Å². The number of hydrogen-bond donors (Lipinski definition) is 1. The lowest BCUT2D eigenvalue weighted by atomic mass is 9.70. The van der Waals surface area contributed by atoms with Crippen molar-refractivity contribution < 1.29 is 9.84 Å². The standard InChI is InChI=1S/C21H27NO2S/c1-22(2)15-18-7-4-6-17(21(18,23)20-8-5-13-25-20)14-16-9-11-19(24-3)12-10-16/h5,8-14,18,23H,4,6-7,15H2,1-3H3/b17-14+. The van der Waals surface area contributed by atoms with Gasteiger partial charge in [-0.25, -0.2) is 0 Å². The predicted molar refractivity (Wildman–Crippen MR) is 105 cm³/mol. The summed E-state index contributed by atoms with van der Waals surface area (Å²) in [5.41, 5.74) is 1.35. The smallest absolute Gasteiger partial charge is 0.124 e. The van der Waals surface area contributed by atoms with Crippen LogP contribution in [0.15, 0.2) is 47.4 Å². The van der Waals surface area contributed by atoms with E-state index in [-0.39, 0.29) is 5.92 Å². The van der Waals surface area contributed by atoms with E-state index in [0.717, 1.165) is 47.6 Å². The minimum Gasteiger partial charge on any atom is -0.497 e. The maximum atomic E-state index is 11.9. The largest absolute Gasteiger partial charge is 0.497 e. The number of nitrogens with zero attached hydrogens (tertiary/aromatic N) is 1. The van der Waals surface area contributed by atoms with E-state index < -0.39 is 5.60 Å². The molecule has 1 aliphatic carbocycles. The van der Waals surface area contributed by atoms with E-state index in [0.29, 0.717) is 0 Å². The van der Waals surface area contributed by atoms with Crippen LogP contribution in [0, 0.1) is 5.92 Å². The molecule has 3 nitrogen and oxygen atoms in total. The average Bonchev–Trinajstić information content (AvgIpc) is 3.14. The van der Waals surface area contributed by atoms with E-state index in [1.165, 1.54) is 0 Å². The van der Waals surface area contributed by atoms with Gasteiger partial charge >= 0.3 is 0 Å². The highest BCUT2D eigenvalue weighted by atomic mass is 32.1. The van der Waals surface area contributed by atoms with E-state index in [1.54, 1.807) is 18.4 Å². The van der Waals surface area contributed by atoms with Crippen LogP contribution in [0.4, 0.5) is 0 Å². The SMILES string of the molecule is COc1ccc(/C=C2\CCCC(CN(C)C)C2(O)c2cccs2)cc1. The fraction of sp³-hybridized carbons (Fsp3) is 0.429. The summed E-state index contributed by atoms with van der Waals surface area (Å²) in [4.78, 5) is 3.23. The Labute approximate surface area is 154 Å². The fourth-order valence-electron chi connectivity index (χ4n) is 3.80. The Kier molecular flexibility index (Phi) is 5.62. The molecule has 2 aromatic rings. The molecule has 1 aliphatic rings. The Morgan fingerprint density at radius 3 is 2.64 bits per heavy atom. The zero-order valence-corrected chi connectivity index (χ0v) is 16.1. The van der Waals surface area contributed by atoms with E-state index in [4.69, 9.17) is 4.74 Å². The molecule has 0 aliphatic heterocycles. The molecule has 1 fully saturated rings. The van der Waals surface area contributed by atoms with Gasteiger partial charge in [0.25, 0.3) is 0 Å². The molecule has 0 bridgehead atoms. The van der Waals surface area contributed by atoms with Gasteiger partial charge < -0.3 is 14.7 Å². The van der Waals surface area contributed by atoms with Gasteiger partial charge in [0.1, 0.15) is 11.4 Å². The van der Waals surface area contributed by atoms with Gasteiger partial charge in [0.05, 0.1) is 7.11 Å². The summed E-state index contributed by atoms with van der Waals surface area (Å²) in [5, 5.41) is 13.9. The first-order valence-electron chi connectivity index (χ1n) is 8.80. The van der Waals surface area contributed by atoms with E-state index in [1.807, 2.05) is 18.2 Å². The van der Waals surface area contributed by atoms with Crippen LogP contribution in [0.3, 0.4) is 0 Å². The first-order valence-corrected chi connectivity index (χ1v) is 9.68. The molecule has 1 aromatic heterocycles. The summed E-state index contributed by atoms with van der Waals surface area (Å²) in [6, 6.07) is 12.1. The number of rotatable bonds is 5. The number of methoxy groups -OCH3 is 1. The lowest BCUT2D eigenvalue weighted by Crippen LogP contribution is -2.44. The summed E-state index contributed by atoms with van der Waals surface area (Å²) >= 11 is 1.65. The Morgan fingerprint density at radius 2 is 2.04 bits per heavy atom. The third-order valence-electron chi connectivity index (χ3n) is 5.02. The van der Waals surface area contributed by atoms with Crippen molar-refractivity contribution in [3.8, 4) is 5.75 Å². The van der Waals surface area contributed by atoms with Crippen LogP contribution in [-0.4, -0.2) is 37.8 Å². The van der Waals surface area contributed by atoms with Crippen LogP contribution < -0.4 is 4.74 Å². The number of hydrogen-bond acceptors (Lipinski definition) is 4. The van der Waals surface area contributed by atoms with Crippen molar-refractivity contribution in [3.63, 3.8) is 0 Å². The summed E-state index contributed by atoms with van der Waals surface area (Å²) in [6.45, 7) is 0.883. The van der Waals surface area contributed by atoms with Crippen LogP contribution >= 0.6 is 11.3 Å². The highest BCUT2D eigenvalue weighted by Crippen LogP contribution is 2.47. The average molecular weight is 358 g/mol. The van der Waals surface area contributed by atoms with Crippen LogP contribution in [0.5, 0.6) is 5.75 Å². The maximum Gasteiger partial charge on any atom is 0.124 e. The molecule has 1 N–H and O–H groups in total. The molecule has 4 heteroatoms. The second-order valence-corrected chi connectivity index (χ2v) is 7.99. The molecule has 0 spiro atoms. The number of benzene rings is 1. The summed E-state index contributed by atoms with van der Waals surface area (Å²) in [5.74, 6) is 1.06. The van der Waals surface area contributed by atoms with Gasteiger partial charge in [-0.3, -0.25) is 0 Å². The second kappa shape index (κ2) is 7.73. The zero-order chi connectivity index (χ0) is 17.9. The number of aliphatic hydroxyl groups is 1. The molecule has 1 heterocycles. The van der Waals surface area contributed by atoms with Crippen molar-refractivity contribution >= 4 is 17.4 Å². The molecule has 25 heavy (non-hydrogen) atoms. The number of ether oxygens (including phenoxy) is 1. The molecule has 1 aromatic carbocycles. The van der Waals surface area contributed by atoms with Crippen molar-refractivity contribution in [1.29, 1.82) is 0 Å². The molecule has 2 unspecified atom stereocenters. The molecule has 0 radical (unpaired) electrons. The zero-order valence-electron chi connectivity index (χ0n) is 15.2. The minimum absolute atomic E-state index is 0.208. The molecule has 0 saturated heterocycles. The fourth-order valence-corrected chi connectivity index (χ4v) is 4.74. The van der Waals surface area contributed by atoms with Crippen LogP contribution in [0.2, 0.25) is 0 Å². The molecule has 134 valence electrons. The van der Waals surface area contributed by atoms with E-state index in [9.17, 15) is 5.11 Å². The van der Waals surface area contributed by atoms with Crippen LogP contribution in [0.25, 0.3) is 6.08 Å². The van der Waals surface area contributed by atoms with Crippen molar-refractivity contribution in [1.82, 2.24) is 4.90 Å². The predicted octanol–water partition coefficient (Wildman–Crippen LogP) is 4.39. The van der Waals surface area contributed by atoms with Gasteiger partial charge in [-0.2, -0.15) is 0 Å². The van der Waals surface area contributed by atoms with Crippen molar-refractivity contribution in [2.45, 2.75) is 24.9 Å². The Hall–Kier alpha value is -1.62. The van der Waals surface area contributed by atoms with Crippen LogP contribution in [-0.2, 0) is 5.60 Å². The van der Waals surface area contributed by atoms with Gasteiger partial charge in [-0.1, -0.05) is 24.3 Å². The molecule has 1 saturated carbocycles. The summed E-state index contributed by atoms with van der Waals surface area (Å²) in [7, 11) is 5.84. The molecular formula is C21H27NO2S. The first-order chi connectivity index (χ1) is 12.0.